The predicted octanol–water partition coefficient (Wildman–Crippen LogP) is 2.62. The van der Waals surface area contributed by atoms with E-state index in [9.17, 15) is 9.59 Å². The predicted molar refractivity (Wildman–Crippen MR) is 102 cm³/mol. The van der Waals surface area contributed by atoms with E-state index in [-0.39, 0.29) is 12.1 Å². The number of carbonyl (C=O) groups excluding carboxylic acids is 1. The van der Waals surface area contributed by atoms with Crippen molar-refractivity contribution in [1.29, 1.82) is 0 Å². The molecule has 3 aromatic heterocycles. The highest BCUT2D eigenvalue weighted by Gasteiger charge is 2.20. The topological polar surface area (TPSA) is 117 Å². The van der Waals surface area contributed by atoms with Gasteiger partial charge in [0.1, 0.15) is 11.4 Å². The molecule has 10 heteroatoms. The molecule has 136 valence electrons. The normalized spacial score (nSPS) is 11.2. The largest absolute Gasteiger partial charge is 0.368 e. The molecule has 0 radical (unpaired) electrons. The Hall–Kier alpha value is -3.04. The Morgan fingerprint density at radius 3 is 2.78 bits per heavy atom. The summed E-state index contributed by atoms with van der Waals surface area (Å²) in [6.45, 7) is 1.55. The summed E-state index contributed by atoms with van der Waals surface area (Å²) in [6.07, 6.45) is 1.31. The number of primary amides is 1. The number of hydrogen-bond acceptors (Lipinski definition) is 7. The van der Waals surface area contributed by atoms with Gasteiger partial charge in [-0.3, -0.25) is 14.2 Å². The van der Waals surface area contributed by atoms with E-state index in [1.807, 2.05) is 0 Å². The molecule has 3 heterocycles. The minimum absolute atomic E-state index is 0.229. The van der Waals surface area contributed by atoms with Crippen LogP contribution in [-0.2, 0) is 11.3 Å². The van der Waals surface area contributed by atoms with Crippen molar-refractivity contribution in [3.05, 3.63) is 51.5 Å². The van der Waals surface area contributed by atoms with Gasteiger partial charge in [0.05, 0.1) is 16.6 Å². The second-order valence-electron chi connectivity index (χ2n) is 5.81. The molecule has 1 aromatic carbocycles. The molecule has 0 aliphatic rings. The summed E-state index contributed by atoms with van der Waals surface area (Å²) in [5.41, 5.74) is 6.26. The van der Waals surface area contributed by atoms with E-state index in [4.69, 9.17) is 21.9 Å². The number of rotatable bonds is 4. The van der Waals surface area contributed by atoms with E-state index in [1.54, 1.807) is 31.2 Å². The van der Waals surface area contributed by atoms with Gasteiger partial charge in [0.15, 0.2) is 0 Å². The van der Waals surface area contributed by atoms with Crippen LogP contribution in [-0.4, -0.2) is 25.6 Å². The van der Waals surface area contributed by atoms with Gasteiger partial charge in [-0.25, -0.2) is 4.98 Å². The molecule has 0 spiro atoms. The number of benzene rings is 1. The monoisotopic (exact) mass is 401 g/mol. The first-order chi connectivity index (χ1) is 12.9. The Labute approximate surface area is 161 Å². The summed E-state index contributed by atoms with van der Waals surface area (Å²) in [5.74, 6) is 0.0924. The Balaban J connectivity index is 1.80. The fourth-order valence-electron chi connectivity index (χ4n) is 2.68. The molecule has 2 N–H and O–H groups in total. The van der Waals surface area contributed by atoms with Gasteiger partial charge in [0.25, 0.3) is 11.4 Å². The molecular formula is C17H12ClN5O3S. The molecule has 0 fully saturated rings. The lowest BCUT2D eigenvalue weighted by Crippen LogP contribution is -2.28. The van der Waals surface area contributed by atoms with Crippen molar-refractivity contribution in [2.75, 3.05) is 0 Å². The first-order valence-electron chi connectivity index (χ1n) is 7.81. The number of halogens is 1. The van der Waals surface area contributed by atoms with E-state index in [2.05, 4.69) is 15.1 Å². The fourth-order valence-corrected chi connectivity index (χ4v) is 3.86. The van der Waals surface area contributed by atoms with E-state index >= 15 is 0 Å². The van der Waals surface area contributed by atoms with E-state index in [0.717, 1.165) is 5.56 Å². The van der Waals surface area contributed by atoms with Crippen LogP contribution in [0.4, 0.5) is 0 Å². The summed E-state index contributed by atoms with van der Waals surface area (Å²) >= 11 is 7.17. The minimum Gasteiger partial charge on any atom is -0.368 e. The highest BCUT2D eigenvalue weighted by atomic mass is 35.5. The Morgan fingerprint density at radius 2 is 2.07 bits per heavy atom. The standard InChI is InChI=1S/C17H12ClN5O3S/c1-8-12-16(20-7-23(17(12)25)6-11(19)24)27-13(8)15-21-14(22-26-15)9-2-4-10(18)5-3-9/h2-5,7H,6H2,1H3,(H2,19,24). The molecule has 0 unspecified atom stereocenters. The smallest absolute Gasteiger partial charge is 0.268 e. The number of thiophene rings is 1. The van der Waals surface area contributed by atoms with Crippen molar-refractivity contribution < 1.29 is 9.32 Å². The third kappa shape index (κ3) is 3.11. The highest BCUT2D eigenvalue weighted by Crippen LogP contribution is 2.35. The number of aromatic nitrogens is 4. The van der Waals surface area contributed by atoms with Gasteiger partial charge in [0, 0.05) is 10.6 Å². The third-order valence-electron chi connectivity index (χ3n) is 3.97. The van der Waals surface area contributed by atoms with Gasteiger partial charge in [0.2, 0.25) is 11.7 Å². The number of nitrogens with zero attached hydrogens (tertiary/aromatic N) is 4. The zero-order valence-electron chi connectivity index (χ0n) is 14.0. The van der Waals surface area contributed by atoms with E-state index < -0.39 is 5.91 Å². The fraction of sp³-hybridized carbons (Fsp3) is 0.118. The lowest BCUT2D eigenvalue weighted by Gasteiger charge is -2.01. The number of aryl methyl sites for hydroxylation is 1. The SMILES string of the molecule is Cc1c(-c2nc(-c3ccc(Cl)cc3)no2)sc2ncn(CC(N)=O)c(=O)c12. The number of hydrogen-bond donors (Lipinski definition) is 1. The van der Waals surface area contributed by atoms with Crippen molar-refractivity contribution >= 4 is 39.1 Å². The van der Waals surface area contributed by atoms with Gasteiger partial charge in [-0.15, -0.1) is 11.3 Å². The van der Waals surface area contributed by atoms with Crippen LogP contribution in [0, 0.1) is 6.92 Å². The molecule has 0 atom stereocenters. The van der Waals surface area contributed by atoms with Crippen LogP contribution in [0.25, 0.3) is 32.4 Å². The number of fused-ring (bicyclic) bond motifs is 1. The molecule has 4 aromatic rings. The molecule has 0 aliphatic heterocycles. The Kier molecular flexibility index (Phi) is 4.25. The second-order valence-corrected chi connectivity index (χ2v) is 7.25. The number of amides is 1. The molecule has 0 bridgehead atoms. The lowest BCUT2D eigenvalue weighted by molar-refractivity contribution is -0.118. The van der Waals surface area contributed by atoms with Crippen LogP contribution in [0.2, 0.25) is 5.02 Å². The van der Waals surface area contributed by atoms with Crippen molar-refractivity contribution in [3.63, 3.8) is 0 Å². The minimum atomic E-state index is -0.615. The number of nitrogens with two attached hydrogens (primary N) is 1. The van der Waals surface area contributed by atoms with Crippen molar-refractivity contribution in [2.45, 2.75) is 13.5 Å². The first-order valence-corrected chi connectivity index (χ1v) is 9.00. The molecule has 1 amide bonds. The van der Waals surface area contributed by atoms with E-state index in [1.165, 1.54) is 22.2 Å². The Morgan fingerprint density at radius 1 is 1.33 bits per heavy atom. The average Bonchev–Trinajstić information content (AvgIpc) is 3.23. The Bertz CT molecular complexity index is 1230. The lowest BCUT2D eigenvalue weighted by atomic mass is 10.2. The van der Waals surface area contributed by atoms with Gasteiger partial charge in [-0.2, -0.15) is 4.98 Å². The van der Waals surface area contributed by atoms with Gasteiger partial charge in [-0.1, -0.05) is 16.8 Å². The first kappa shape index (κ1) is 17.4. The van der Waals surface area contributed by atoms with Gasteiger partial charge < -0.3 is 10.3 Å². The van der Waals surface area contributed by atoms with Crippen LogP contribution in [0.1, 0.15) is 5.56 Å². The maximum Gasteiger partial charge on any atom is 0.268 e. The third-order valence-corrected chi connectivity index (χ3v) is 5.41. The molecular weight excluding hydrogens is 390 g/mol. The van der Waals surface area contributed by atoms with Crippen LogP contribution >= 0.6 is 22.9 Å². The molecule has 8 nitrogen and oxygen atoms in total. The second kappa shape index (κ2) is 6.60. The summed E-state index contributed by atoms with van der Waals surface area (Å²) in [4.78, 5) is 33.6. The maximum absolute atomic E-state index is 12.6. The molecule has 0 aliphatic carbocycles. The average molecular weight is 402 g/mol. The van der Waals surface area contributed by atoms with E-state index in [0.29, 0.717) is 37.4 Å². The molecule has 27 heavy (non-hydrogen) atoms. The summed E-state index contributed by atoms with van der Waals surface area (Å²) in [7, 11) is 0. The summed E-state index contributed by atoms with van der Waals surface area (Å²) < 4.78 is 6.57. The van der Waals surface area contributed by atoms with Crippen LogP contribution in [0.3, 0.4) is 0 Å². The van der Waals surface area contributed by atoms with Crippen molar-refractivity contribution in [1.82, 2.24) is 19.7 Å². The quantitative estimate of drug-likeness (QED) is 0.561. The molecule has 0 saturated carbocycles. The zero-order valence-corrected chi connectivity index (χ0v) is 15.5. The molecule has 0 saturated heterocycles. The number of carbonyl (C=O) groups is 1. The highest BCUT2D eigenvalue weighted by molar-refractivity contribution is 7.22. The van der Waals surface area contributed by atoms with Gasteiger partial charge in [-0.05, 0) is 36.8 Å². The van der Waals surface area contributed by atoms with Gasteiger partial charge >= 0.3 is 0 Å². The van der Waals surface area contributed by atoms with Crippen molar-refractivity contribution in [3.8, 4) is 22.2 Å². The molecule has 4 rings (SSSR count). The summed E-state index contributed by atoms with van der Waals surface area (Å²) in [6, 6.07) is 7.06. The maximum atomic E-state index is 12.6. The summed E-state index contributed by atoms with van der Waals surface area (Å²) in [5, 5.41) is 5.02. The van der Waals surface area contributed by atoms with Crippen LogP contribution in [0.15, 0.2) is 39.9 Å². The van der Waals surface area contributed by atoms with Crippen molar-refractivity contribution in [2.24, 2.45) is 5.73 Å². The van der Waals surface area contributed by atoms with Crippen LogP contribution in [0.5, 0.6) is 0 Å². The van der Waals surface area contributed by atoms with Crippen LogP contribution < -0.4 is 11.3 Å². The zero-order chi connectivity index (χ0) is 19.1.